The molecule has 0 aliphatic rings. The first-order valence-corrected chi connectivity index (χ1v) is 4.96. The number of likely N-dealkylation sites (N-methyl/N-ethyl adjacent to an activating group) is 1. The van der Waals surface area contributed by atoms with E-state index in [9.17, 15) is 9.59 Å². The first-order valence-electron chi connectivity index (χ1n) is 4.96. The standard InChI is InChI=1S/C10H20N2O4/c1-10(2,3)12(9(14)15)8(7-13)6-11(4)16-5/h7-8H,6H2,1-5H3,(H,14,15). The van der Waals surface area contributed by atoms with Crippen molar-refractivity contribution in [2.24, 2.45) is 0 Å². The van der Waals surface area contributed by atoms with Crippen molar-refractivity contribution in [3.63, 3.8) is 0 Å². The van der Waals surface area contributed by atoms with Gasteiger partial charge >= 0.3 is 6.09 Å². The minimum absolute atomic E-state index is 0.198. The molecule has 0 aliphatic heterocycles. The van der Waals surface area contributed by atoms with E-state index >= 15 is 0 Å². The maximum absolute atomic E-state index is 11.1. The molecule has 0 saturated carbocycles. The van der Waals surface area contributed by atoms with Crippen molar-refractivity contribution in [1.82, 2.24) is 9.96 Å². The lowest BCUT2D eigenvalue weighted by atomic mass is 10.0. The van der Waals surface area contributed by atoms with Crippen LogP contribution in [0.15, 0.2) is 0 Å². The smallest absolute Gasteiger partial charge is 0.408 e. The summed E-state index contributed by atoms with van der Waals surface area (Å²) in [5.74, 6) is 0. The Labute approximate surface area is 95.7 Å². The molecular weight excluding hydrogens is 212 g/mol. The molecule has 1 unspecified atom stereocenters. The summed E-state index contributed by atoms with van der Waals surface area (Å²) in [6, 6.07) is -0.748. The largest absolute Gasteiger partial charge is 0.465 e. The fourth-order valence-electron chi connectivity index (χ4n) is 1.45. The molecule has 0 bridgehead atoms. The number of hydrogen-bond acceptors (Lipinski definition) is 4. The van der Waals surface area contributed by atoms with Gasteiger partial charge in [-0.15, -0.1) is 0 Å². The van der Waals surface area contributed by atoms with Crippen LogP contribution >= 0.6 is 0 Å². The van der Waals surface area contributed by atoms with Crippen molar-refractivity contribution in [2.45, 2.75) is 32.4 Å². The molecule has 0 radical (unpaired) electrons. The van der Waals surface area contributed by atoms with E-state index < -0.39 is 17.7 Å². The number of carbonyl (C=O) groups is 2. The number of carbonyl (C=O) groups excluding carboxylic acids is 1. The van der Waals surface area contributed by atoms with Crippen LogP contribution in [-0.4, -0.2) is 59.7 Å². The molecular formula is C10H20N2O4. The van der Waals surface area contributed by atoms with Gasteiger partial charge in [-0.05, 0) is 20.8 Å². The average Bonchev–Trinajstić information content (AvgIpc) is 2.13. The van der Waals surface area contributed by atoms with Crippen LogP contribution in [0.5, 0.6) is 0 Å². The van der Waals surface area contributed by atoms with Crippen LogP contribution < -0.4 is 0 Å². The summed E-state index contributed by atoms with van der Waals surface area (Å²) in [5.41, 5.74) is -0.633. The number of carboxylic acid groups (broad SMARTS) is 1. The summed E-state index contributed by atoms with van der Waals surface area (Å²) in [4.78, 5) is 28.1. The van der Waals surface area contributed by atoms with E-state index in [0.717, 1.165) is 4.90 Å². The topological polar surface area (TPSA) is 70.1 Å². The van der Waals surface area contributed by atoms with Crippen LogP contribution in [0.2, 0.25) is 0 Å². The maximum Gasteiger partial charge on any atom is 0.408 e. The minimum atomic E-state index is -1.12. The number of hydroxylamine groups is 2. The number of hydrogen-bond donors (Lipinski definition) is 1. The van der Waals surface area contributed by atoms with Gasteiger partial charge in [0.15, 0.2) is 0 Å². The Morgan fingerprint density at radius 3 is 2.25 bits per heavy atom. The normalized spacial score (nSPS) is 13.6. The van der Waals surface area contributed by atoms with Crippen LogP contribution in [0.3, 0.4) is 0 Å². The monoisotopic (exact) mass is 232 g/mol. The molecule has 0 aromatic rings. The Balaban J connectivity index is 4.87. The minimum Gasteiger partial charge on any atom is -0.465 e. The molecule has 1 atom stereocenters. The Morgan fingerprint density at radius 2 is 2.00 bits per heavy atom. The van der Waals surface area contributed by atoms with Gasteiger partial charge in [0.1, 0.15) is 12.3 Å². The molecule has 1 amide bonds. The first-order chi connectivity index (χ1) is 7.23. The fraction of sp³-hybridized carbons (Fsp3) is 0.800. The van der Waals surface area contributed by atoms with Gasteiger partial charge in [-0.1, -0.05) is 0 Å². The predicted molar refractivity (Wildman–Crippen MR) is 59.1 cm³/mol. The summed E-state index contributed by atoms with van der Waals surface area (Å²) in [7, 11) is 3.10. The van der Waals surface area contributed by atoms with Crippen LogP contribution in [0.25, 0.3) is 0 Å². The third kappa shape index (κ3) is 4.16. The van der Waals surface area contributed by atoms with Crippen LogP contribution in [0, 0.1) is 0 Å². The zero-order valence-corrected chi connectivity index (χ0v) is 10.4. The van der Waals surface area contributed by atoms with Gasteiger partial charge in [0.2, 0.25) is 0 Å². The molecule has 0 rings (SSSR count). The quantitative estimate of drug-likeness (QED) is 0.561. The average molecular weight is 232 g/mol. The Hall–Kier alpha value is -1.14. The highest BCUT2D eigenvalue weighted by molar-refractivity contribution is 5.72. The van der Waals surface area contributed by atoms with Gasteiger partial charge in [-0.25, -0.2) is 4.79 Å². The molecule has 0 fully saturated rings. The van der Waals surface area contributed by atoms with Gasteiger partial charge in [0.25, 0.3) is 0 Å². The summed E-state index contributed by atoms with van der Waals surface area (Å²) >= 11 is 0. The molecule has 0 aliphatic carbocycles. The van der Waals surface area contributed by atoms with Gasteiger partial charge in [-0.2, -0.15) is 5.06 Å². The third-order valence-corrected chi connectivity index (χ3v) is 2.17. The zero-order chi connectivity index (χ0) is 12.9. The van der Waals surface area contributed by atoms with Crippen LogP contribution in [0.4, 0.5) is 4.79 Å². The van der Waals surface area contributed by atoms with Gasteiger partial charge in [0.05, 0.1) is 13.7 Å². The second-order valence-corrected chi connectivity index (χ2v) is 4.52. The van der Waals surface area contributed by atoms with E-state index in [1.54, 1.807) is 27.8 Å². The lowest BCUT2D eigenvalue weighted by Crippen LogP contribution is -2.55. The van der Waals surface area contributed by atoms with Crippen molar-refractivity contribution in [3.8, 4) is 0 Å². The molecule has 94 valence electrons. The van der Waals surface area contributed by atoms with E-state index in [0.29, 0.717) is 6.29 Å². The zero-order valence-electron chi connectivity index (χ0n) is 10.4. The summed E-state index contributed by atoms with van der Waals surface area (Å²) < 4.78 is 0. The lowest BCUT2D eigenvalue weighted by molar-refractivity contribution is -0.134. The highest BCUT2D eigenvalue weighted by atomic mass is 16.7. The molecule has 0 aromatic heterocycles. The maximum atomic E-state index is 11.1. The van der Waals surface area contributed by atoms with Crippen LogP contribution in [0.1, 0.15) is 20.8 Å². The summed E-state index contributed by atoms with van der Waals surface area (Å²) in [6.45, 7) is 5.42. The Bertz CT molecular complexity index is 250. The molecule has 0 saturated heterocycles. The summed E-state index contributed by atoms with van der Waals surface area (Å²) in [6.07, 6.45) is -0.497. The SMILES string of the molecule is CON(C)CC(C=O)N(C(=O)O)C(C)(C)C. The van der Waals surface area contributed by atoms with Crippen LogP contribution in [-0.2, 0) is 9.63 Å². The molecule has 6 heteroatoms. The van der Waals surface area contributed by atoms with Crippen molar-refractivity contribution in [1.29, 1.82) is 0 Å². The highest BCUT2D eigenvalue weighted by Gasteiger charge is 2.33. The van der Waals surface area contributed by atoms with Crippen molar-refractivity contribution < 1.29 is 19.5 Å². The number of rotatable bonds is 5. The fourth-order valence-corrected chi connectivity index (χ4v) is 1.45. The first kappa shape index (κ1) is 14.9. The second kappa shape index (κ2) is 5.81. The number of amides is 1. The molecule has 6 nitrogen and oxygen atoms in total. The van der Waals surface area contributed by atoms with Gasteiger partial charge in [0, 0.05) is 12.6 Å². The van der Waals surface area contributed by atoms with E-state index in [-0.39, 0.29) is 6.54 Å². The number of aldehydes is 1. The van der Waals surface area contributed by atoms with E-state index in [1.165, 1.54) is 12.2 Å². The molecule has 16 heavy (non-hydrogen) atoms. The van der Waals surface area contributed by atoms with Crippen molar-refractivity contribution in [2.75, 3.05) is 20.7 Å². The van der Waals surface area contributed by atoms with Crippen molar-refractivity contribution >= 4 is 12.4 Å². The lowest BCUT2D eigenvalue weighted by Gasteiger charge is -2.38. The van der Waals surface area contributed by atoms with E-state index in [1.807, 2.05) is 0 Å². The molecule has 1 N–H and O–H groups in total. The van der Waals surface area contributed by atoms with Gasteiger partial charge < -0.3 is 14.7 Å². The Kier molecular flexibility index (Phi) is 5.40. The molecule has 0 aromatic carbocycles. The Morgan fingerprint density at radius 1 is 1.50 bits per heavy atom. The summed E-state index contributed by atoms with van der Waals surface area (Å²) in [5, 5.41) is 10.5. The highest BCUT2D eigenvalue weighted by Crippen LogP contribution is 2.17. The van der Waals surface area contributed by atoms with E-state index in [4.69, 9.17) is 9.94 Å². The second-order valence-electron chi connectivity index (χ2n) is 4.52. The van der Waals surface area contributed by atoms with Crippen molar-refractivity contribution in [3.05, 3.63) is 0 Å². The third-order valence-electron chi connectivity index (χ3n) is 2.17. The van der Waals surface area contributed by atoms with Gasteiger partial charge in [-0.3, -0.25) is 4.90 Å². The van der Waals surface area contributed by atoms with E-state index in [2.05, 4.69) is 0 Å². The molecule has 0 spiro atoms. The predicted octanol–water partition coefficient (Wildman–Crippen LogP) is 0.826. The number of nitrogens with zero attached hydrogens (tertiary/aromatic N) is 2. The molecule has 0 heterocycles.